The van der Waals surface area contributed by atoms with Gasteiger partial charge in [-0.2, -0.15) is 0 Å². The number of carbonyl (C=O) groups excluding carboxylic acids is 1. The summed E-state index contributed by atoms with van der Waals surface area (Å²) in [5.41, 5.74) is 9.23. The maximum atomic E-state index is 11.3. The average Bonchev–Trinajstić information content (AvgIpc) is 2.71. The lowest BCUT2D eigenvalue weighted by Gasteiger charge is -2.30. The van der Waals surface area contributed by atoms with Crippen LogP contribution in [0.25, 0.3) is 0 Å². The highest BCUT2D eigenvalue weighted by Crippen LogP contribution is 2.28. The van der Waals surface area contributed by atoms with Crippen LogP contribution in [0.3, 0.4) is 0 Å². The quantitative estimate of drug-likeness (QED) is 0.745. The minimum atomic E-state index is 0.0801. The number of anilines is 2. The SMILES string of the molecule is NC1CCCCC1Nc1ccc2c(c1)CC(=O)N2. The molecule has 4 heteroatoms. The Morgan fingerprint density at radius 2 is 2.11 bits per heavy atom. The molecule has 2 atom stereocenters. The summed E-state index contributed by atoms with van der Waals surface area (Å²) in [6, 6.07) is 6.66. The van der Waals surface area contributed by atoms with Crippen molar-refractivity contribution in [1.82, 2.24) is 0 Å². The standard InChI is InChI=1S/C14H19N3O/c15-11-3-1-2-4-13(11)16-10-5-6-12-9(7-10)8-14(18)17-12/h5-7,11,13,16H,1-4,8,15H2,(H,17,18). The molecule has 0 aromatic heterocycles. The molecule has 96 valence electrons. The molecule has 1 fully saturated rings. The van der Waals surface area contributed by atoms with Gasteiger partial charge in [0.05, 0.1) is 6.42 Å². The zero-order valence-corrected chi connectivity index (χ0v) is 10.4. The van der Waals surface area contributed by atoms with Gasteiger partial charge in [0, 0.05) is 23.5 Å². The molecule has 4 nitrogen and oxygen atoms in total. The van der Waals surface area contributed by atoms with Gasteiger partial charge < -0.3 is 16.4 Å². The Hall–Kier alpha value is -1.55. The molecule has 0 saturated heterocycles. The van der Waals surface area contributed by atoms with Crippen LogP contribution in [-0.2, 0) is 11.2 Å². The highest BCUT2D eigenvalue weighted by atomic mass is 16.1. The van der Waals surface area contributed by atoms with Crippen molar-refractivity contribution < 1.29 is 4.79 Å². The lowest BCUT2D eigenvalue weighted by Crippen LogP contribution is -2.42. The van der Waals surface area contributed by atoms with Crippen LogP contribution in [0.2, 0.25) is 0 Å². The summed E-state index contributed by atoms with van der Waals surface area (Å²) < 4.78 is 0. The molecule has 0 bridgehead atoms. The van der Waals surface area contributed by atoms with E-state index < -0.39 is 0 Å². The summed E-state index contributed by atoms with van der Waals surface area (Å²) in [6.45, 7) is 0. The third-order valence-corrected chi connectivity index (χ3v) is 3.90. The van der Waals surface area contributed by atoms with E-state index in [4.69, 9.17) is 5.73 Å². The first-order valence-corrected chi connectivity index (χ1v) is 6.67. The van der Waals surface area contributed by atoms with Crippen LogP contribution in [0.15, 0.2) is 18.2 Å². The fourth-order valence-corrected chi connectivity index (χ4v) is 2.87. The van der Waals surface area contributed by atoms with Crippen molar-refractivity contribution in [2.75, 3.05) is 10.6 Å². The summed E-state index contributed by atoms with van der Waals surface area (Å²) >= 11 is 0. The molecule has 1 aliphatic carbocycles. The van der Waals surface area contributed by atoms with Gasteiger partial charge in [-0.1, -0.05) is 12.8 Å². The number of hydrogen-bond donors (Lipinski definition) is 3. The van der Waals surface area contributed by atoms with E-state index in [9.17, 15) is 4.79 Å². The number of rotatable bonds is 2. The van der Waals surface area contributed by atoms with Gasteiger partial charge >= 0.3 is 0 Å². The molecule has 1 aliphatic heterocycles. The van der Waals surface area contributed by atoms with Crippen molar-refractivity contribution in [3.05, 3.63) is 23.8 Å². The maximum Gasteiger partial charge on any atom is 0.228 e. The number of nitrogens with one attached hydrogen (secondary N) is 2. The molecular weight excluding hydrogens is 226 g/mol. The molecule has 3 rings (SSSR count). The van der Waals surface area contributed by atoms with Gasteiger partial charge in [-0.3, -0.25) is 4.79 Å². The number of fused-ring (bicyclic) bond motifs is 1. The van der Waals surface area contributed by atoms with E-state index in [0.717, 1.165) is 29.8 Å². The van der Waals surface area contributed by atoms with Crippen molar-refractivity contribution in [3.8, 4) is 0 Å². The third kappa shape index (κ3) is 2.20. The van der Waals surface area contributed by atoms with Crippen LogP contribution in [0.1, 0.15) is 31.2 Å². The number of amides is 1. The second-order valence-electron chi connectivity index (χ2n) is 5.30. The summed E-state index contributed by atoms with van der Waals surface area (Å²) in [5.74, 6) is 0.0801. The fraction of sp³-hybridized carbons (Fsp3) is 0.500. The highest BCUT2D eigenvalue weighted by Gasteiger charge is 2.22. The molecule has 1 saturated carbocycles. The normalized spacial score (nSPS) is 26.6. The second kappa shape index (κ2) is 4.61. The summed E-state index contributed by atoms with van der Waals surface area (Å²) in [4.78, 5) is 11.3. The first-order chi connectivity index (χ1) is 8.72. The minimum Gasteiger partial charge on any atom is -0.381 e. The minimum absolute atomic E-state index is 0.0801. The first-order valence-electron chi connectivity index (χ1n) is 6.67. The van der Waals surface area contributed by atoms with Gasteiger partial charge in [0.2, 0.25) is 5.91 Å². The van der Waals surface area contributed by atoms with Gasteiger partial charge in [0.25, 0.3) is 0 Å². The summed E-state index contributed by atoms with van der Waals surface area (Å²) in [5, 5.41) is 6.36. The van der Waals surface area contributed by atoms with Crippen LogP contribution in [-0.4, -0.2) is 18.0 Å². The predicted molar refractivity (Wildman–Crippen MR) is 72.6 cm³/mol. The number of benzene rings is 1. The van der Waals surface area contributed by atoms with Gasteiger partial charge in [0.1, 0.15) is 0 Å². The lowest BCUT2D eigenvalue weighted by atomic mass is 9.91. The van der Waals surface area contributed by atoms with Crippen LogP contribution in [0.4, 0.5) is 11.4 Å². The largest absolute Gasteiger partial charge is 0.381 e. The first kappa shape index (κ1) is 11.5. The Bertz CT molecular complexity index is 472. The van der Waals surface area contributed by atoms with Crippen molar-refractivity contribution in [2.24, 2.45) is 5.73 Å². The van der Waals surface area contributed by atoms with E-state index in [0.29, 0.717) is 12.5 Å². The third-order valence-electron chi connectivity index (χ3n) is 3.90. The van der Waals surface area contributed by atoms with Crippen LogP contribution >= 0.6 is 0 Å². The van der Waals surface area contributed by atoms with E-state index in [1.54, 1.807) is 0 Å². The van der Waals surface area contributed by atoms with Crippen LogP contribution < -0.4 is 16.4 Å². The molecule has 1 aromatic rings. The van der Waals surface area contributed by atoms with Gasteiger partial charge in [-0.25, -0.2) is 0 Å². The average molecular weight is 245 g/mol. The molecule has 2 unspecified atom stereocenters. The van der Waals surface area contributed by atoms with Gasteiger partial charge in [0.15, 0.2) is 0 Å². The van der Waals surface area contributed by atoms with Crippen molar-refractivity contribution in [3.63, 3.8) is 0 Å². The molecule has 1 amide bonds. The molecule has 2 aliphatic rings. The number of nitrogens with two attached hydrogens (primary N) is 1. The van der Waals surface area contributed by atoms with E-state index in [1.165, 1.54) is 12.8 Å². The maximum absolute atomic E-state index is 11.3. The predicted octanol–water partition coefficient (Wildman–Crippen LogP) is 1.86. The monoisotopic (exact) mass is 245 g/mol. The molecular formula is C14H19N3O. The molecule has 18 heavy (non-hydrogen) atoms. The Kier molecular flexibility index (Phi) is 2.96. The fourth-order valence-electron chi connectivity index (χ4n) is 2.87. The van der Waals surface area contributed by atoms with Gasteiger partial charge in [-0.15, -0.1) is 0 Å². The van der Waals surface area contributed by atoms with Crippen molar-refractivity contribution >= 4 is 17.3 Å². The Labute approximate surface area is 107 Å². The summed E-state index contributed by atoms with van der Waals surface area (Å²) in [7, 11) is 0. The van der Waals surface area contributed by atoms with E-state index in [-0.39, 0.29) is 11.9 Å². The zero-order valence-electron chi connectivity index (χ0n) is 10.4. The molecule has 0 spiro atoms. The van der Waals surface area contributed by atoms with Crippen molar-refractivity contribution in [2.45, 2.75) is 44.2 Å². The topological polar surface area (TPSA) is 67.1 Å². The number of hydrogen-bond acceptors (Lipinski definition) is 3. The molecule has 1 heterocycles. The Morgan fingerprint density at radius 3 is 2.94 bits per heavy atom. The molecule has 4 N–H and O–H groups in total. The van der Waals surface area contributed by atoms with E-state index in [1.807, 2.05) is 12.1 Å². The second-order valence-corrected chi connectivity index (χ2v) is 5.30. The van der Waals surface area contributed by atoms with Gasteiger partial charge in [-0.05, 0) is 36.6 Å². The lowest BCUT2D eigenvalue weighted by molar-refractivity contribution is -0.115. The van der Waals surface area contributed by atoms with Crippen LogP contribution in [0.5, 0.6) is 0 Å². The zero-order chi connectivity index (χ0) is 12.5. The molecule has 0 radical (unpaired) electrons. The Morgan fingerprint density at radius 1 is 1.28 bits per heavy atom. The summed E-state index contributed by atoms with van der Waals surface area (Å²) in [6.07, 6.45) is 5.21. The Balaban J connectivity index is 1.73. The van der Waals surface area contributed by atoms with Crippen LogP contribution in [0, 0.1) is 0 Å². The number of carbonyl (C=O) groups is 1. The van der Waals surface area contributed by atoms with E-state index >= 15 is 0 Å². The smallest absolute Gasteiger partial charge is 0.228 e. The van der Waals surface area contributed by atoms with Crippen molar-refractivity contribution in [1.29, 1.82) is 0 Å². The highest BCUT2D eigenvalue weighted by molar-refractivity contribution is 5.99. The molecule has 1 aromatic carbocycles. The van der Waals surface area contributed by atoms with E-state index in [2.05, 4.69) is 16.7 Å².